The molecule has 0 bridgehead atoms. The molecule has 170 valence electrons. The summed E-state index contributed by atoms with van der Waals surface area (Å²) in [5.41, 5.74) is 2.59. The van der Waals surface area contributed by atoms with E-state index in [1.807, 2.05) is 84.5 Å². The van der Waals surface area contributed by atoms with Gasteiger partial charge in [0.2, 0.25) is 5.91 Å². The Labute approximate surface area is 197 Å². The minimum absolute atomic E-state index is 0.153. The fourth-order valence-electron chi connectivity index (χ4n) is 3.81. The Hall–Kier alpha value is -3.58. The van der Waals surface area contributed by atoms with Gasteiger partial charge in [-0.3, -0.25) is 4.79 Å². The summed E-state index contributed by atoms with van der Waals surface area (Å²) in [5, 5.41) is 10.8. The average molecular weight is 462 g/mol. The van der Waals surface area contributed by atoms with Crippen molar-refractivity contribution in [2.75, 3.05) is 0 Å². The fourth-order valence-corrected chi connectivity index (χ4v) is 4.46. The molecule has 2 amide bonds. The molecule has 3 N–H and O–H groups in total. The molecule has 2 heterocycles. The van der Waals surface area contributed by atoms with Gasteiger partial charge < -0.3 is 20.4 Å². The number of alkyl carbamates (subject to hydrolysis) is 1. The monoisotopic (exact) mass is 461 g/mol. The van der Waals surface area contributed by atoms with Crippen LogP contribution in [0.1, 0.15) is 36.6 Å². The van der Waals surface area contributed by atoms with Crippen molar-refractivity contribution in [3.8, 4) is 0 Å². The van der Waals surface area contributed by atoms with Crippen molar-refractivity contribution in [1.82, 2.24) is 15.6 Å². The van der Waals surface area contributed by atoms with Crippen molar-refractivity contribution in [3.05, 3.63) is 94.3 Å². The number of rotatable bonds is 8. The van der Waals surface area contributed by atoms with Gasteiger partial charge in [0.15, 0.2) is 0 Å². The third-order valence-corrected chi connectivity index (χ3v) is 6.43. The van der Waals surface area contributed by atoms with Crippen molar-refractivity contribution in [2.24, 2.45) is 0 Å². The van der Waals surface area contributed by atoms with Gasteiger partial charge in [-0.2, -0.15) is 11.3 Å². The van der Waals surface area contributed by atoms with Crippen LogP contribution < -0.4 is 10.6 Å². The average Bonchev–Trinajstić information content (AvgIpc) is 3.48. The number of benzene rings is 2. The van der Waals surface area contributed by atoms with Crippen LogP contribution in [-0.4, -0.2) is 22.5 Å². The second-order valence-electron chi connectivity index (χ2n) is 8.31. The molecule has 0 aliphatic heterocycles. The Morgan fingerprint density at radius 1 is 1.09 bits per heavy atom. The molecule has 0 saturated carbocycles. The van der Waals surface area contributed by atoms with E-state index in [0.717, 1.165) is 27.6 Å². The number of carbonyl (C=O) groups is 2. The summed E-state index contributed by atoms with van der Waals surface area (Å²) in [6.45, 7) is 3.81. The molecule has 4 rings (SSSR count). The van der Waals surface area contributed by atoms with E-state index in [2.05, 4.69) is 15.6 Å². The number of aromatic amines is 1. The molecule has 2 atom stereocenters. The Kier molecular flexibility index (Phi) is 6.79. The highest BCUT2D eigenvalue weighted by Gasteiger charge is 2.37. The predicted octanol–water partition coefficient (Wildman–Crippen LogP) is 5.33. The lowest BCUT2D eigenvalue weighted by atomic mass is 9.91. The van der Waals surface area contributed by atoms with Gasteiger partial charge in [-0.1, -0.05) is 48.5 Å². The molecule has 6 nitrogen and oxygen atoms in total. The maximum Gasteiger partial charge on any atom is 0.408 e. The summed E-state index contributed by atoms with van der Waals surface area (Å²) in [6, 6.07) is 19.3. The normalized spacial score (nSPS) is 13.8. The Morgan fingerprint density at radius 3 is 2.61 bits per heavy atom. The molecule has 0 spiro atoms. The summed E-state index contributed by atoms with van der Waals surface area (Å²) in [6.07, 6.45) is 1.55. The van der Waals surface area contributed by atoms with E-state index in [0.29, 0.717) is 6.42 Å². The molecule has 0 unspecified atom stereocenters. The van der Waals surface area contributed by atoms with E-state index in [4.69, 9.17) is 4.74 Å². The van der Waals surface area contributed by atoms with Gasteiger partial charge in [0.05, 0.1) is 6.04 Å². The van der Waals surface area contributed by atoms with E-state index >= 15 is 0 Å². The van der Waals surface area contributed by atoms with Crippen LogP contribution in [0.3, 0.4) is 0 Å². The Bertz CT molecular complexity index is 1220. The van der Waals surface area contributed by atoms with Crippen molar-refractivity contribution in [2.45, 2.75) is 38.5 Å². The first-order valence-electron chi connectivity index (χ1n) is 10.8. The summed E-state index contributed by atoms with van der Waals surface area (Å²) >= 11 is 1.54. The van der Waals surface area contributed by atoms with E-state index < -0.39 is 11.6 Å². The second kappa shape index (κ2) is 9.92. The SMILES string of the molecule is C[C@@H](NC(=O)[C@@](C)(Cc1c[nH]c2ccccc12)NC(=O)OCc1ccsc1)c1ccccc1. The summed E-state index contributed by atoms with van der Waals surface area (Å²) in [4.78, 5) is 29.4. The Balaban J connectivity index is 1.54. The molecule has 2 aromatic carbocycles. The number of aromatic nitrogens is 1. The molecule has 4 aromatic rings. The number of amides is 2. The van der Waals surface area contributed by atoms with Gasteiger partial charge in [0.25, 0.3) is 0 Å². The van der Waals surface area contributed by atoms with Crippen molar-refractivity contribution in [3.63, 3.8) is 0 Å². The Morgan fingerprint density at radius 2 is 1.85 bits per heavy atom. The number of hydrogen-bond donors (Lipinski definition) is 3. The first kappa shape index (κ1) is 22.6. The maximum absolute atomic E-state index is 13.5. The summed E-state index contributed by atoms with van der Waals surface area (Å²) in [5.74, 6) is -0.281. The van der Waals surface area contributed by atoms with E-state index in [9.17, 15) is 9.59 Å². The zero-order valence-corrected chi connectivity index (χ0v) is 19.4. The minimum Gasteiger partial charge on any atom is -0.445 e. The number of carbonyl (C=O) groups excluding carboxylic acids is 2. The third-order valence-electron chi connectivity index (χ3n) is 5.70. The van der Waals surface area contributed by atoms with Gasteiger partial charge in [0.1, 0.15) is 12.1 Å². The lowest BCUT2D eigenvalue weighted by Crippen LogP contribution is -2.58. The van der Waals surface area contributed by atoms with Crippen LogP contribution in [0, 0.1) is 0 Å². The lowest BCUT2D eigenvalue weighted by Gasteiger charge is -2.31. The van der Waals surface area contributed by atoms with Gasteiger partial charge in [0, 0.05) is 29.1 Å². The van der Waals surface area contributed by atoms with Gasteiger partial charge >= 0.3 is 6.09 Å². The first-order chi connectivity index (χ1) is 15.9. The van der Waals surface area contributed by atoms with Crippen molar-refractivity contribution in [1.29, 1.82) is 0 Å². The van der Waals surface area contributed by atoms with Crippen LogP contribution in [0.2, 0.25) is 0 Å². The topological polar surface area (TPSA) is 83.2 Å². The summed E-state index contributed by atoms with van der Waals surface area (Å²) < 4.78 is 5.40. The molecule has 0 aliphatic rings. The number of hydrogen-bond acceptors (Lipinski definition) is 4. The molecular formula is C26H27N3O3S. The number of para-hydroxylation sites is 1. The summed E-state index contributed by atoms with van der Waals surface area (Å²) in [7, 11) is 0. The van der Waals surface area contributed by atoms with Crippen LogP contribution in [-0.2, 0) is 22.6 Å². The van der Waals surface area contributed by atoms with Crippen LogP contribution in [0.5, 0.6) is 0 Å². The quantitative estimate of drug-likeness (QED) is 0.331. The lowest BCUT2D eigenvalue weighted by molar-refractivity contribution is -0.127. The van der Waals surface area contributed by atoms with Crippen LogP contribution in [0.15, 0.2) is 77.6 Å². The molecule has 33 heavy (non-hydrogen) atoms. The van der Waals surface area contributed by atoms with Gasteiger partial charge in [-0.15, -0.1) is 0 Å². The van der Waals surface area contributed by atoms with Gasteiger partial charge in [-0.05, 0) is 47.9 Å². The molecule has 0 fully saturated rings. The maximum atomic E-state index is 13.5. The van der Waals surface area contributed by atoms with E-state index in [1.165, 1.54) is 11.3 Å². The smallest absolute Gasteiger partial charge is 0.408 e. The first-order valence-corrected chi connectivity index (χ1v) is 11.8. The molecule has 0 saturated heterocycles. The third kappa shape index (κ3) is 5.43. The molecule has 0 aliphatic carbocycles. The fraction of sp³-hybridized carbons (Fsp3) is 0.231. The van der Waals surface area contributed by atoms with E-state index in [-0.39, 0.29) is 18.6 Å². The van der Waals surface area contributed by atoms with Crippen molar-refractivity contribution < 1.29 is 14.3 Å². The van der Waals surface area contributed by atoms with Crippen molar-refractivity contribution >= 4 is 34.2 Å². The number of ether oxygens (including phenoxy) is 1. The van der Waals surface area contributed by atoms with Gasteiger partial charge in [-0.25, -0.2) is 4.79 Å². The predicted molar refractivity (Wildman–Crippen MR) is 131 cm³/mol. The molecule has 2 aromatic heterocycles. The molecule has 7 heteroatoms. The number of nitrogens with one attached hydrogen (secondary N) is 3. The van der Waals surface area contributed by atoms with Crippen LogP contribution >= 0.6 is 11.3 Å². The standard InChI is InChI=1S/C26H27N3O3S/c1-18(20-8-4-3-5-9-20)28-24(30)26(2,29-25(31)32-16-19-12-13-33-17-19)14-21-15-27-23-11-7-6-10-22(21)23/h3-13,15,17-18,27H,14,16H2,1-2H3,(H,28,30)(H,29,31)/t18-,26-/m1/s1. The largest absolute Gasteiger partial charge is 0.445 e. The minimum atomic E-state index is -1.22. The zero-order chi connectivity index (χ0) is 23.3. The number of H-pyrrole nitrogens is 1. The second-order valence-corrected chi connectivity index (χ2v) is 9.09. The van der Waals surface area contributed by atoms with Crippen LogP contribution in [0.25, 0.3) is 10.9 Å². The zero-order valence-electron chi connectivity index (χ0n) is 18.6. The number of thiophene rings is 1. The highest BCUT2D eigenvalue weighted by molar-refractivity contribution is 7.07. The number of fused-ring (bicyclic) bond motifs is 1. The highest BCUT2D eigenvalue weighted by Crippen LogP contribution is 2.24. The highest BCUT2D eigenvalue weighted by atomic mass is 32.1. The van der Waals surface area contributed by atoms with Crippen LogP contribution in [0.4, 0.5) is 4.79 Å². The molecule has 0 radical (unpaired) electrons. The molecular weight excluding hydrogens is 434 g/mol. The van der Waals surface area contributed by atoms with E-state index in [1.54, 1.807) is 6.92 Å².